The van der Waals surface area contributed by atoms with Gasteiger partial charge in [0.25, 0.3) is 5.56 Å². The van der Waals surface area contributed by atoms with Gasteiger partial charge in [-0.15, -0.1) is 0 Å². The Balaban J connectivity index is 2.02. The zero-order valence-electron chi connectivity index (χ0n) is 13.8. The number of allylic oxidation sites excluding steroid dienone is 4. The first kappa shape index (κ1) is 14.8. The summed E-state index contributed by atoms with van der Waals surface area (Å²) in [5.41, 5.74) is 3.61. The van der Waals surface area contributed by atoms with Crippen molar-refractivity contribution in [3.05, 3.63) is 64.9 Å². The number of aryl methyl sites for hydroxylation is 1. The maximum Gasteiger partial charge on any atom is 0.274 e. The topological polar surface area (TPSA) is 66.5 Å². The van der Waals surface area contributed by atoms with Crippen LogP contribution in [0.2, 0.25) is 0 Å². The van der Waals surface area contributed by atoms with Gasteiger partial charge in [-0.25, -0.2) is 0 Å². The molecule has 0 radical (unpaired) electrons. The molecule has 0 fully saturated rings. The van der Waals surface area contributed by atoms with Gasteiger partial charge in [0, 0.05) is 41.5 Å². The van der Waals surface area contributed by atoms with E-state index in [4.69, 9.17) is 0 Å². The van der Waals surface area contributed by atoms with Crippen molar-refractivity contribution in [2.24, 2.45) is 7.05 Å². The maximum absolute atomic E-state index is 12.6. The molecule has 1 unspecified atom stereocenters. The van der Waals surface area contributed by atoms with Crippen LogP contribution in [0.15, 0.2) is 53.8 Å². The molecule has 0 saturated carbocycles. The van der Waals surface area contributed by atoms with E-state index in [9.17, 15) is 4.79 Å². The molecule has 5 nitrogen and oxygen atoms in total. The van der Waals surface area contributed by atoms with Crippen molar-refractivity contribution in [1.29, 1.82) is 0 Å². The van der Waals surface area contributed by atoms with Crippen LogP contribution in [-0.4, -0.2) is 19.7 Å². The molecule has 0 amide bonds. The van der Waals surface area contributed by atoms with Gasteiger partial charge in [0.15, 0.2) is 0 Å². The van der Waals surface area contributed by atoms with Crippen LogP contribution in [0.1, 0.15) is 25.3 Å². The molecule has 0 spiro atoms. The molecule has 3 aromatic heterocycles. The van der Waals surface area contributed by atoms with Gasteiger partial charge in [-0.2, -0.15) is 5.10 Å². The second kappa shape index (κ2) is 5.37. The predicted octanol–water partition coefficient (Wildman–Crippen LogP) is 3.42. The first-order valence-corrected chi connectivity index (χ1v) is 8.21. The normalized spacial score (nSPS) is 20.1. The van der Waals surface area contributed by atoms with E-state index in [1.165, 1.54) is 5.56 Å². The smallest absolute Gasteiger partial charge is 0.274 e. The lowest BCUT2D eigenvalue weighted by Gasteiger charge is -2.31. The van der Waals surface area contributed by atoms with E-state index < -0.39 is 0 Å². The molecule has 0 bridgehead atoms. The van der Waals surface area contributed by atoms with Crippen molar-refractivity contribution >= 4 is 10.9 Å². The van der Waals surface area contributed by atoms with Crippen LogP contribution in [0.4, 0.5) is 0 Å². The van der Waals surface area contributed by atoms with Gasteiger partial charge in [0.2, 0.25) is 0 Å². The molecular formula is C19H20N4O. The zero-order chi connectivity index (χ0) is 16.7. The molecule has 4 rings (SSSR count). The second-order valence-corrected chi connectivity index (χ2v) is 6.42. The number of nitrogens with zero attached hydrogens (tertiary/aromatic N) is 2. The average Bonchev–Trinajstić information content (AvgIpc) is 3.28. The Kier molecular flexibility index (Phi) is 3.30. The Morgan fingerprint density at radius 1 is 1.38 bits per heavy atom. The Labute approximate surface area is 139 Å². The molecular weight excluding hydrogens is 300 g/mol. The Hall–Kier alpha value is -2.82. The molecule has 5 heteroatoms. The van der Waals surface area contributed by atoms with Crippen molar-refractivity contribution < 1.29 is 0 Å². The van der Waals surface area contributed by atoms with Crippen molar-refractivity contribution in [3.8, 4) is 11.3 Å². The zero-order valence-corrected chi connectivity index (χ0v) is 13.8. The highest BCUT2D eigenvalue weighted by Crippen LogP contribution is 2.39. The number of pyridine rings is 1. The Morgan fingerprint density at radius 2 is 2.25 bits per heavy atom. The molecule has 0 saturated heterocycles. The van der Waals surface area contributed by atoms with Crippen LogP contribution in [-0.2, 0) is 12.5 Å². The Bertz CT molecular complexity index is 1000. The number of rotatable bonds is 3. The second-order valence-electron chi connectivity index (χ2n) is 6.42. The molecule has 122 valence electrons. The first-order chi connectivity index (χ1) is 11.6. The number of aromatic amines is 2. The van der Waals surface area contributed by atoms with E-state index in [0.29, 0.717) is 5.52 Å². The summed E-state index contributed by atoms with van der Waals surface area (Å²) in [5, 5.41) is 7.82. The lowest BCUT2D eigenvalue weighted by atomic mass is 9.73. The standard InChI is InChI=1S/C19H20N4O/c1-3-19(7-5-4-6-8-19)15-12-23(2)18(24)17-14(15)9-16(22-17)13-10-20-21-11-13/h4-7,9-12,22H,3,8H2,1-2H3,(H,20,21). The van der Waals surface area contributed by atoms with Crippen LogP contribution in [0.25, 0.3) is 22.2 Å². The van der Waals surface area contributed by atoms with E-state index in [2.05, 4.69) is 52.5 Å². The molecule has 3 aromatic rings. The third kappa shape index (κ3) is 2.08. The predicted molar refractivity (Wildman–Crippen MR) is 96.0 cm³/mol. The Morgan fingerprint density at radius 3 is 2.92 bits per heavy atom. The highest BCUT2D eigenvalue weighted by atomic mass is 16.1. The minimum absolute atomic E-state index is 0.00919. The van der Waals surface area contributed by atoms with E-state index in [0.717, 1.165) is 29.5 Å². The highest BCUT2D eigenvalue weighted by Gasteiger charge is 2.31. The number of fused-ring (bicyclic) bond motifs is 1. The van der Waals surface area contributed by atoms with Crippen LogP contribution < -0.4 is 5.56 Å². The SMILES string of the molecule is CCC1(c2cn(C)c(=O)c3[nH]c(-c4cn[nH]c4)cc23)C=CC=CC1. The van der Waals surface area contributed by atoms with Gasteiger partial charge in [0.05, 0.1) is 6.20 Å². The number of nitrogens with one attached hydrogen (secondary N) is 2. The summed E-state index contributed by atoms with van der Waals surface area (Å²) in [5.74, 6) is 0. The van der Waals surface area contributed by atoms with Crippen LogP contribution >= 0.6 is 0 Å². The largest absolute Gasteiger partial charge is 0.350 e. The van der Waals surface area contributed by atoms with Crippen molar-refractivity contribution in [2.75, 3.05) is 0 Å². The van der Waals surface area contributed by atoms with Gasteiger partial charge in [0.1, 0.15) is 5.52 Å². The summed E-state index contributed by atoms with van der Waals surface area (Å²) < 4.78 is 1.68. The fourth-order valence-electron chi connectivity index (χ4n) is 3.60. The summed E-state index contributed by atoms with van der Waals surface area (Å²) in [4.78, 5) is 15.9. The lowest BCUT2D eigenvalue weighted by Crippen LogP contribution is -2.27. The summed E-state index contributed by atoms with van der Waals surface area (Å²) in [6.07, 6.45) is 16.1. The van der Waals surface area contributed by atoms with Gasteiger partial charge in [-0.3, -0.25) is 9.89 Å². The van der Waals surface area contributed by atoms with Crippen molar-refractivity contribution in [3.63, 3.8) is 0 Å². The third-order valence-corrected chi connectivity index (χ3v) is 5.09. The molecule has 24 heavy (non-hydrogen) atoms. The fourth-order valence-corrected chi connectivity index (χ4v) is 3.60. The van der Waals surface area contributed by atoms with E-state index in [-0.39, 0.29) is 11.0 Å². The van der Waals surface area contributed by atoms with Gasteiger partial charge in [-0.1, -0.05) is 31.2 Å². The minimum Gasteiger partial charge on any atom is -0.350 e. The number of H-pyrrole nitrogens is 2. The number of hydrogen-bond donors (Lipinski definition) is 2. The van der Waals surface area contributed by atoms with Gasteiger partial charge >= 0.3 is 0 Å². The molecule has 0 aromatic carbocycles. The van der Waals surface area contributed by atoms with E-state index >= 15 is 0 Å². The van der Waals surface area contributed by atoms with Crippen molar-refractivity contribution in [2.45, 2.75) is 25.2 Å². The van der Waals surface area contributed by atoms with Crippen molar-refractivity contribution in [1.82, 2.24) is 19.7 Å². The first-order valence-electron chi connectivity index (χ1n) is 8.21. The monoisotopic (exact) mass is 320 g/mol. The maximum atomic E-state index is 12.6. The average molecular weight is 320 g/mol. The van der Waals surface area contributed by atoms with E-state index in [1.807, 2.05) is 19.4 Å². The summed E-state index contributed by atoms with van der Waals surface area (Å²) in [6, 6.07) is 2.07. The molecule has 2 N–H and O–H groups in total. The summed E-state index contributed by atoms with van der Waals surface area (Å²) in [6.45, 7) is 2.20. The van der Waals surface area contributed by atoms with E-state index in [1.54, 1.807) is 10.8 Å². The van der Waals surface area contributed by atoms with Crippen LogP contribution in [0.3, 0.4) is 0 Å². The van der Waals surface area contributed by atoms with Gasteiger partial charge < -0.3 is 9.55 Å². The van der Waals surface area contributed by atoms with Gasteiger partial charge in [-0.05, 0) is 24.5 Å². The quantitative estimate of drug-likeness (QED) is 0.776. The molecule has 3 heterocycles. The van der Waals surface area contributed by atoms with Crippen LogP contribution in [0.5, 0.6) is 0 Å². The third-order valence-electron chi connectivity index (χ3n) is 5.09. The molecule has 1 atom stereocenters. The molecule has 1 aliphatic rings. The lowest BCUT2D eigenvalue weighted by molar-refractivity contribution is 0.517. The van der Waals surface area contributed by atoms with Crippen LogP contribution in [0, 0.1) is 0 Å². The molecule has 0 aliphatic heterocycles. The minimum atomic E-state index is -0.0751. The highest BCUT2D eigenvalue weighted by molar-refractivity contribution is 5.89. The summed E-state index contributed by atoms with van der Waals surface area (Å²) >= 11 is 0. The number of aromatic nitrogens is 4. The number of hydrogen-bond acceptors (Lipinski definition) is 2. The summed E-state index contributed by atoms with van der Waals surface area (Å²) in [7, 11) is 1.81. The molecule has 1 aliphatic carbocycles. The fraction of sp³-hybridized carbons (Fsp3) is 0.263.